The number of hydrogen-bond donors (Lipinski definition) is 2. The van der Waals surface area contributed by atoms with Gasteiger partial charge in [0, 0.05) is 19.5 Å². The third kappa shape index (κ3) is 6.13. The van der Waals surface area contributed by atoms with Gasteiger partial charge in [-0.05, 0) is 25.0 Å². The zero-order chi connectivity index (χ0) is 14.1. The Labute approximate surface area is 115 Å². The molecule has 1 rings (SSSR count). The lowest BCUT2D eigenvalue weighted by Crippen LogP contribution is -2.28. The third-order valence-corrected chi connectivity index (χ3v) is 2.56. The summed E-state index contributed by atoms with van der Waals surface area (Å²) in [6.07, 6.45) is 0.465. The van der Waals surface area contributed by atoms with Gasteiger partial charge in [0.1, 0.15) is 5.75 Å². The van der Waals surface area contributed by atoms with E-state index in [-0.39, 0.29) is 5.91 Å². The van der Waals surface area contributed by atoms with E-state index in [0.29, 0.717) is 25.5 Å². The summed E-state index contributed by atoms with van der Waals surface area (Å²) in [6, 6.07) is 7.76. The number of para-hydroxylation sites is 2. The molecule has 0 unspecified atom stereocenters. The Hall–Kier alpha value is -1.71. The van der Waals surface area contributed by atoms with Gasteiger partial charge in [0.15, 0.2) is 0 Å². The van der Waals surface area contributed by atoms with Gasteiger partial charge in [0.2, 0.25) is 5.91 Å². The molecule has 0 aliphatic carbocycles. The number of nitrogens with one attached hydrogen (secondary N) is 2. The molecular formula is C15H24N2O2. The molecule has 0 saturated heterocycles. The fourth-order valence-corrected chi connectivity index (χ4v) is 1.61. The molecule has 0 spiro atoms. The van der Waals surface area contributed by atoms with Gasteiger partial charge in [0.25, 0.3) is 0 Å². The smallest absolute Gasteiger partial charge is 0.221 e. The van der Waals surface area contributed by atoms with Crippen LogP contribution in [0.2, 0.25) is 0 Å². The highest BCUT2D eigenvalue weighted by Gasteiger charge is 2.04. The Bertz CT molecular complexity index is 391. The molecule has 0 aromatic heterocycles. The molecule has 0 atom stereocenters. The van der Waals surface area contributed by atoms with Crippen LogP contribution in [0.5, 0.6) is 5.75 Å². The lowest BCUT2D eigenvalue weighted by Gasteiger charge is -2.12. The monoisotopic (exact) mass is 264 g/mol. The van der Waals surface area contributed by atoms with Crippen LogP contribution in [-0.4, -0.2) is 25.6 Å². The molecule has 106 valence electrons. The van der Waals surface area contributed by atoms with Crippen LogP contribution in [0.3, 0.4) is 0 Å². The Morgan fingerprint density at radius 1 is 1.32 bits per heavy atom. The van der Waals surface area contributed by atoms with Gasteiger partial charge in [-0.1, -0.05) is 26.0 Å². The number of benzene rings is 1. The largest absolute Gasteiger partial charge is 0.492 e. The molecule has 4 nitrogen and oxygen atoms in total. The zero-order valence-corrected chi connectivity index (χ0v) is 12.0. The maximum atomic E-state index is 11.6. The molecule has 1 amide bonds. The number of amides is 1. The van der Waals surface area contributed by atoms with E-state index in [1.807, 2.05) is 31.2 Å². The minimum absolute atomic E-state index is 0.0788. The summed E-state index contributed by atoms with van der Waals surface area (Å²) in [5, 5.41) is 6.13. The normalized spacial score (nSPS) is 10.3. The second-order valence-electron chi connectivity index (χ2n) is 4.80. The van der Waals surface area contributed by atoms with Gasteiger partial charge in [-0.15, -0.1) is 0 Å². The second-order valence-corrected chi connectivity index (χ2v) is 4.80. The first-order chi connectivity index (χ1) is 9.13. The first kappa shape index (κ1) is 15.3. The van der Waals surface area contributed by atoms with Crippen molar-refractivity contribution in [1.29, 1.82) is 0 Å². The number of rotatable bonds is 8. The number of hydrogen-bond acceptors (Lipinski definition) is 3. The van der Waals surface area contributed by atoms with Crippen molar-refractivity contribution in [3.63, 3.8) is 0 Å². The molecule has 1 aromatic carbocycles. The summed E-state index contributed by atoms with van der Waals surface area (Å²) in [5.41, 5.74) is 0.931. The van der Waals surface area contributed by atoms with Gasteiger partial charge in [0.05, 0.1) is 12.3 Å². The van der Waals surface area contributed by atoms with Crippen LogP contribution in [0.1, 0.15) is 27.2 Å². The van der Waals surface area contributed by atoms with Crippen LogP contribution in [0.4, 0.5) is 5.69 Å². The lowest BCUT2D eigenvalue weighted by atomic mass is 10.2. The predicted molar refractivity (Wildman–Crippen MR) is 78.6 cm³/mol. The quantitative estimate of drug-likeness (QED) is 0.759. The first-order valence-corrected chi connectivity index (χ1v) is 6.85. The molecule has 0 aliphatic heterocycles. The summed E-state index contributed by atoms with van der Waals surface area (Å²) < 4.78 is 5.51. The van der Waals surface area contributed by atoms with E-state index in [4.69, 9.17) is 4.74 Å². The Morgan fingerprint density at radius 2 is 2.05 bits per heavy atom. The fourth-order valence-electron chi connectivity index (χ4n) is 1.61. The van der Waals surface area contributed by atoms with Crippen LogP contribution in [0.15, 0.2) is 24.3 Å². The molecule has 0 saturated carbocycles. The Balaban J connectivity index is 2.34. The Kier molecular flexibility index (Phi) is 6.79. The van der Waals surface area contributed by atoms with E-state index in [0.717, 1.165) is 18.0 Å². The van der Waals surface area contributed by atoms with Crippen molar-refractivity contribution in [2.75, 3.05) is 25.0 Å². The molecule has 0 aliphatic rings. The van der Waals surface area contributed by atoms with Crippen molar-refractivity contribution in [3.05, 3.63) is 24.3 Å². The highest BCUT2D eigenvalue weighted by molar-refractivity contribution is 5.76. The van der Waals surface area contributed by atoms with E-state index in [2.05, 4.69) is 24.5 Å². The molecule has 19 heavy (non-hydrogen) atoms. The topological polar surface area (TPSA) is 50.4 Å². The molecule has 0 radical (unpaired) electrons. The zero-order valence-electron chi connectivity index (χ0n) is 12.0. The number of carbonyl (C=O) groups is 1. The van der Waals surface area contributed by atoms with Gasteiger partial charge in [-0.3, -0.25) is 4.79 Å². The number of anilines is 1. The first-order valence-electron chi connectivity index (χ1n) is 6.85. The molecule has 4 heteroatoms. The molecule has 0 bridgehead atoms. The maximum Gasteiger partial charge on any atom is 0.221 e. The number of ether oxygens (including phenoxy) is 1. The highest BCUT2D eigenvalue weighted by Crippen LogP contribution is 2.23. The van der Waals surface area contributed by atoms with Gasteiger partial charge < -0.3 is 15.4 Å². The summed E-state index contributed by atoms with van der Waals surface area (Å²) in [7, 11) is 0. The molecule has 2 N–H and O–H groups in total. The SMILES string of the molecule is CCOc1ccccc1NCCC(=O)NCC(C)C. The van der Waals surface area contributed by atoms with Crippen molar-refractivity contribution in [2.24, 2.45) is 5.92 Å². The van der Waals surface area contributed by atoms with Crippen molar-refractivity contribution in [1.82, 2.24) is 5.32 Å². The van der Waals surface area contributed by atoms with E-state index >= 15 is 0 Å². The van der Waals surface area contributed by atoms with Crippen LogP contribution in [-0.2, 0) is 4.79 Å². The van der Waals surface area contributed by atoms with Gasteiger partial charge >= 0.3 is 0 Å². The van der Waals surface area contributed by atoms with Crippen LogP contribution < -0.4 is 15.4 Å². The fraction of sp³-hybridized carbons (Fsp3) is 0.533. The molecular weight excluding hydrogens is 240 g/mol. The third-order valence-electron chi connectivity index (χ3n) is 2.56. The van der Waals surface area contributed by atoms with Crippen molar-refractivity contribution in [2.45, 2.75) is 27.2 Å². The average molecular weight is 264 g/mol. The van der Waals surface area contributed by atoms with Crippen LogP contribution in [0, 0.1) is 5.92 Å². The molecule has 1 aromatic rings. The number of carbonyl (C=O) groups excluding carboxylic acids is 1. The minimum atomic E-state index is 0.0788. The standard InChI is InChI=1S/C15H24N2O2/c1-4-19-14-8-6-5-7-13(14)16-10-9-15(18)17-11-12(2)3/h5-8,12,16H,4,9-11H2,1-3H3,(H,17,18). The predicted octanol–water partition coefficient (Wildman–Crippen LogP) is 2.66. The lowest BCUT2D eigenvalue weighted by molar-refractivity contribution is -0.120. The second kappa shape index (κ2) is 8.40. The minimum Gasteiger partial charge on any atom is -0.492 e. The maximum absolute atomic E-state index is 11.6. The van der Waals surface area contributed by atoms with E-state index in [1.165, 1.54) is 0 Å². The van der Waals surface area contributed by atoms with Crippen LogP contribution >= 0.6 is 0 Å². The molecule has 0 fully saturated rings. The summed E-state index contributed by atoms with van der Waals surface area (Å²) in [4.78, 5) is 11.6. The van der Waals surface area contributed by atoms with E-state index in [1.54, 1.807) is 0 Å². The summed E-state index contributed by atoms with van der Waals surface area (Å²) in [6.45, 7) is 8.08. The van der Waals surface area contributed by atoms with Gasteiger partial charge in [-0.25, -0.2) is 0 Å². The van der Waals surface area contributed by atoms with E-state index in [9.17, 15) is 4.79 Å². The van der Waals surface area contributed by atoms with Crippen LogP contribution in [0.25, 0.3) is 0 Å². The highest BCUT2D eigenvalue weighted by atomic mass is 16.5. The van der Waals surface area contributed by atoms with E-state index < -0.39 is 0 Å². The Morgan fingerprint density at radius 3 is 2.74 bits per heavy atom. The summed E-state index contributed by atoms with van der Waals surface area (Å²) >= 11 is 0. The summed E-state index contributed by atoms with van der Waals surface area (Å²) in [5.74, 6) is 1.39. The van der Waals surface area contributed by atoms with Crippen molar-refractivity contribution < 1.29 is 9.53 Å². The van der Waals surface area contributed by atoms with Crippen molar-refractivity contribution >= 4 is 11.6 Å². The van der Waals surface area contributed by atoms with Crippen molar-refractivity contribution in [3.8, 4) is 5.75 Å². The molecule has 0 heterocycles. The average Bonchev–Trinajstić information content (AvgIpc) is 2.39. The van der Waals surface area contributed by atoms with Gasteiger partial charge in [-0.2, -0.15) is 0 Å².